The van der Waals surface area contributed by atoms with Crippen molar-refractivity contribution in [3.05, 3.63) is 62.0 Å². The average molecular weight is 973 g/mol. The molecule has 2 aliphatic carbocycles. The van der Waals surface area contributed by atoms with Crippen molar-refractivity contribution in [3.8, 4) is 0 Å². The van der Waals surface area contributed by atoms with Crippen LogP contribution < -0.4 is 53.3 Å². The molecule has 2 aromatic heterocycles. The Bertz CT molecular complexity index is 2910. The fourth-order valence-electron chi connectivity index (χ4n) is 9.65. The number of fused-ring (bicyclic) bond motifs is 4. The number of aliphatic imine (C=N–C) groups is 4. The number of H-pyrrole nitrogens is 1. The second-order valence-electron chi connectivity index (χ2n) is 18.0. The molecule has 3 saturated heterocycles. The lowest BCUT2D eigenvalue weighted by atomic mass is 9.89. The molecule has 2 saturated carbocycles. The van der Waals surface area contributed by atoms with Crippen LogP contribution in [0.3, 0.4) is 0 Å². The molecule has 68 heavy (non-hydrogen) atoms. The largest absolute Gasteiger partial charge is 0.369 e. The number of piperazine rings is 2. The quantitative estimate of drug-likeness (QED) is 0.0414. The van der Waals surface area contributed by atoms with E-state index in [2.05, 4.69) is 34.0 Å². The van der Waals surface area contributed by atoms with E-state index in [1.807, 2.05) is 24.2 Å². The number of nitrogens with one attached hydrogen (secondary N) is 2. The summed E-state index contributed by atoms with van der Waals surface area (Å²) >= 11 is 2.40. The Balaban J connectivity index is 0.647. The van der Waals surface area contributed by atoms with Gasteiger partial charge in [0.2, 0.25) is 23.3 Å². The van der Waals surface area contributed by atoms with E-state index < -0.39 is 28.5 Å². The van der Waals surface area contributed by atoms with Crippen molar-refractivity contribution in [2.75, 3.05) is 80.1 Å². The van der Waals surface area contributed by atoms with Gasteiger partial charge in [-0.3, -0.25) is 38.3 Å². The van der Waals surface area contributed by atoms with Gasteiger partial charge in [0.1, 0.15) is 33.1 Å². The normalized spacial score (nSPS) is 21.9. The van der Waals surface area contributed by atoms with Gasteiger partial charge >= 0.3 is 0 Å². The number of ketones is 1. The molecule has 2 atom stereocenters. The lowest BCUT2D eigenvalue weighted by Gasteiger charge is -2.40. The van der Waals surface area contributed by atoms with E-state index in [0.29, 0.717) is 92.9 Å². The number of Topliss-reactive ketones (excluding diaryl/α,β-unsaturated/α-hetero) is 1. The molecule has 2 aromatic carbocycles. The summed E-state index contributed by atoms with van der Waals surface area (Å²) in [6.45, 7) is 4.76. The fourth-order valence-corrected chi connectivity index (χ4v) is 11.7. The average Bonchev–Trinajstić information content (AvgIpc) is 4.27. The van der Waals surface area contributed by atoms with Crippen LogP contribution >= 0.6 is 23.5 Å². The van der Waals surface area contributed by atoms with Gasteiger partial charge in [0.05, 0.1) is 22.6 Å². The summed E-state index contributed by atoms with van der Waals surface area (Å²) in [5.74, 6) is -1.86. The van der Waals surface area contributed by atoms with Gasteiger partial charge in [-0.15, -0.1) is 0 Å². The third kappa shape index (κ3) is 8.78. The number of nitrogens with two attached hydrogens (primary N) is 4. The van der Waals surface area contributed by atoms with Crippen LogP contribution in [-0.4, -0.2) is 131 Å². The van der Waals surface area contributed by atoms with Crippen molar-refractivity contribution in [1.82, 2.24) is 23.5 Å². The minimum atomic E-state index is -0.832. The summed E-state index contributed by atoms with van der Waals surface area (Å²) in [6.07, 6.45) is 7.15. The van der Waals surface area contributed by atoms with Crippen LogP contribution in [0.5, 0.6) is 0 Å². The molecule has 0 bridgehead atoms. The molecule has 2 unspecified atom stereocenters. The third-order valence-corrected chi connectivity index (χ3v) is 15.5. The summed E-state index contributed by atoms with van der Waals surface area (Å²) in [6, 6.07) is 6.44. The van der Waals surface area contributed by atoms with Crippen LogP contribution in [0.15, 0.2) is 53.8 Å². The number of carbonyl (C=O) groups is 2. The number of aromatic amines is 1. The van der Waals surface area contributed by atoms with Crippen molar-refractivity contribution in [1.29, 1.82) is 0 Å². The first-order chi connectivity index (χ1) is 32.9. The van der Waals surface area contributed by atoms with E-state index in [0.717, 1.165) is 62.9 Å². The number of carbonyl (C=O) groups excluding carboxylic acids is 2. The van der Waals surface area contributed by atoms with Crippen molar-refractivity contribution in [3.63, 3.8) is 0 Å². The van der Waals surface area contributed by atoms with E-state index in [9.17, 15) is 19.2 Å². The molecule has 10 rings (SSSR count). The number of anilines is 3. The summed E-state index contributed by atoms with van der Waals surface area (Å²) in [4.78, 5) is 79.2. The minimum absolute atomic E-state index is 0.0820. The number of amides is 1. The molecular formula is C44H54F2N16O4S2. The maximum Gasteiger partial charge on any atom is 0.271 e. The molecule has 0 spiro atoms. The highest BCUT2D eigenvalue weighted by Crippen LogP contribution is 2.48. The van der Waals surface area contributed by atoms with Gasteiger partial charge < -0.3 is 52.0 Å². The smallest absolute Gasteiger partial charge is 0.271 e. The van der Waals surface area contributed by atoms with Gasteiger partial charge in [-0.1, -0.05) is 12.8 Å². The number of hydrogen-bond donors (Lipinski definition) is 6. The van der Waals surface area contributed by atoms with Crippen LogP contribution in [0.25, 0.3) is 21.1 Å². The maximum atomic E-state index is 15.6. The summed E-state index contributed by atoms with van der Waals surface area (Å²) in [5, 5.41) is -0.0391. The predicted octanol–water partition coefficient (Wildman–Crippen LogP) is 2.17. The first-order valence-corrected chi connectivity index (χ1v) is 24.8. The Kier molecular flexibility index (Phi) is 12.4. The fraction of sp³-hybridized carbons (Fsp3) is 0.500. The zero-order valence-electron chi connectivity index (χ0n) is 37.3. The van der Waals surface area contributed by atoms with E-state index in [-0.39, 0.29) is 69.3 Å². The van der Waals surface area contributed by atoms with Crippen LogP contribution in [-0.2, 0) is 4.79 Å². The SMILES string of the molecule is NC(=NCCCCCCN=C(N)/N=C(\N)N1CCN(c2cc3c(cc2F)c(=O)c2c(=O)[nH]sc2n3C2CC2)CC1)/N=C(\N)N1CCN(c2cc3c(cc2F)C(=O)C2C(=O)NSC2N3C2CC2)CC1. The standard InChI is InChI=1S/C44H54F2N16O4S2/c45-27-19-25-29(61(23-5-6-23)39-33(35(25)63)37(65)55-67-39)21-31(27)57-11-15-59(16-12-57)43(49)53-41(47)51-9-3-1-2-4-10-52-42(48)54-44(50)60-17-13-58(14-18-60)32-22-30-26(20-28(32)46)36(64)34-38(66)56-68-40(34)62(30)24-7-8-24/h19-24,33,39H,1-18H2,(H,55,65)(H,56,66)(H4,47,49,51,53)(H4,48,50,52,54). The second-order valence-corrected chi connectivity index (χ2v) is 19.7. The van der Waals surface area contributed by atoms with Gasteiger partial charge in [-0.25, -0.2) is 8.78 Å². The van der Waals surface area contributed by atoms with Crippen molar-refractivity contribution >= 4 is 97.2 Å². The number of guanidine groups is 4. The number of nitrogens with zero attached hydrogens (tertiary/aromatic N) is 10. The van der Waals surface area contributed by atoms with E-state index in [1.165, 1.54) is 24.1 Å². The highest BCUT2D eigenvalue weighted by atomic mass is 32.2. The van der Waals surface area contributed by atoms with Crippen LogP contribution in [0.1, 0.15) is 67.8 Å². The lowest BCUT2D eigenvalue weighted by Crippen LogP contribution is -2.52. The van der Waals surface area contributed by atoms with Crippen LogP contribution in [0, 0.1) is 17.6 Å². The molecule has 1 amide bonds. The number of hydrogen-bond acceptors (Lipinski definition) is 11. The summed E-state index contributed by atoms with van der Waals surface area (Å²) in [7, 11) is 0. The molecule has 5 fully saturated rings. The van der Waals surface area contributed by atoms with Crippen molar-refractivity contribution < 1.29 is 18.4 Å². The van der Waals surface area contributed by atoms with Crippen LogP contribution in [0.4, 0.5) is 25.8 Å². The van der Waals surface area contributed by atoms with E-state index >= 15 is 8.78 Å². The number of benzene rings is 2. The topological polar surface area (TPSA) is 271 Å². The molecule has 4 aliphatic heterocycles. The van der Waals surface area contributed by atoms with Gasteiger partial charge in [0.15, 0.2) is 17.7 Å². The Morgan fingerprint density at radius 1 is 0.691 bits per heavy atom. The zero-order chi connectivity index (χ0) is 47.4. The number of unbranched alkanes of at least 4 members (excludes halogenated alkanes) is 3. The zero-order valence-corrected chi connectivity index (χ0v) is 39.0. The van der Waals surface area contributed by atoms with E-state index in [1.54, 1.807) is 12.1 Å². The van der Waals surface area contributed by atoms with Crippen molar-refractivity contribution in [2.45, 2.75) is 68.8 Å². The van der Waals surface area contributed by atoms with Gasteiger partial charge in [-0.05, 0) is 86.3 Å². The number of halogens is 2. The number of rotatable bonds is 11. The molecule has 0 radical (unpaired) electrons. The minimum Gasteiger partial charge on any atom is -0.369 e. The monoisotopic (exact) mass is 972 g/mol. The first-order valence-electron chi connectivity index (χ1n) is 23.1. The Morgan fingerprint density at radius 2 is 1.25 bits per heavy atom. The molecule has 4 aromatic rings. The highest BCUT2D eigenvalue weighted by molar-refractivity contribution is 7.99. The van der Waals surface area contributed by atoms with Gasteiger partial charge in [0.25, 0.3) is 5.56 Å². The Morgan fingerprint density at radius 3 is 1.82 bits per heavy atom. The molecule has 24 heteroatoms. The molecule has 360 valence electrons. The maximum absolute atomic E-state index is 15.6. The highest BCUT2D eigenvalue weighted by Gasteiger charge is 2.53. The molecule has 10 N–H and O–H groups in total. The van der Waals surface area contributed by atoms with Gasteiger partial charge in [-0.2, -0.15) is 9.98 Å². The summed E-state index contributed by atoms with van der Waals surface area (Å²) < 4.78 is 38.6. The predicted molar refractivity (Wildman–Crippen MR) is 264 cm³/mol. The van der Waals surface area contributed by atoms with Crippen molar-refractivity contribution in [2.24, 2.45) is 48.8 Å². The second kappa shape index (κ2) is 18.6. The van der Waals surface area contributed by atoms with Crippen LogP contribution in [0.2, 0.25) is 0 Å². The Labute approximate surface area is 397 Å². The van der Waals surface area contributed by atoms with E-state index in [4.69, 9.17) is 22.9 Å². The molecular weight excluding hydrogens is 919 g/mol. The summed E-state index contributed by atoms with van der Waals surface area (Å²) in [5.41, 5.74) is 26.3. The first kappa shape index (κ1) is 45.4. The third-order valence-electron chi connectivity index (χ3n) is 13.5. The molecule has 6 aliphatic rings. The molecule has 20 nitrogen and oxygen atoms in total. The number of aromatic nitrogens is 2. The molecule has 6 heterocycles. The Hall–Kier alpha value is -6.43. The number of pyridine rings is 1. The van der Waals surface area contributed by atoms with Gasteiger partial charge in [0, 0.05) is 88.5 Å². The lowest BCUT2D eigenvalue weighted by molar-refractivity contribution is -0.120.